The summed E-state index contributed by atoms with van der Waals surface area (Å²) in [6.45, 7) is 1.73. The predicted molar refractivity (Wildman–Crippen MR) is 107 cm³/mol. The van der Waals surface area contributed by atoms with E-state index in [1.807, 2.05) is 32.3 Å². The molecule has 6 nitrogen and oxygen atoms in total. The molecule has 0 aliphatic heterocycles. The van der Waals surface area contributed by atoms with Crippen molar-refractivity contribution < 1.29 is 4.39 Å². The molecule has 0 saturated carbocycles. The Balaban J connectivity index is 1.83. The highest BCUT2D eigenvalue weighted by Gasteiger charge is 2.08. The van der Waals surface area contributed by atoms with Gasteiger partial charge >= 0.3 is 0 Å². The molecule has 2 heterocycles. The lowest BCUT2D eigenvalue weighted by molar-refractivity contribution is 0.405. The highest BCUT2D eigenvalue weighted by atomic mass is 19.1. The third-order valence-electron chi connectivity index (χ3n) is 3.85. The summed E-state index contributed by atoms with van der Waals surface area (Å²) in [5, 5.41) is 6.41. The Kier molecular flexibility index (Phi) is 6.27. The molecule has 7 heteroatoms. The molecule has 2 N–H and O–H groups in total. The standard InChI is InChI=1S/C20H23FN6/c1-27(2)11-5-10-23-20-25-18(15-6-4-9-22-14-15)13-19(26-20)24-17-8-3-7-16(21)12-17/h3-4,6-9,12-14H,5,10-11H2,1-2H3,(H2,23,24,25,26). The minimum absolute atomic E-state index is 0.302. The zero-order valence-corrected chi connectivity index (χ0v) is 15.5. The first-order valence-electron chi connectivity index (χ1n) is 8.81. The molecule has 0 bridgehead atoms. The van der Waals surface area contributed by atoms with Crippen molar-refractivity contribution in [2.24, 2.45) is 0 Å². The minimum atomic E-state index is -0.302. The van der Waals surface area contributed by atoms with E-state index in [0.717, 1.165) is 30.8 Å². The average molecular weight is 366 g/mol. The number of anilines is 3. The second kappa shape index (κ2) is 9.05. The van der Waals surface area contributed by atoms with E-state index < -0.39 is 0 Å². The highest BCUT2D eigenvalue weighted by Crippen LogP contribution is 2.23. The maximum atomic E-state index is 13.5. The number of rotatable bonds is 8. The Bertz CT molecular complexity index is 869. The van der Waals surface area contributed by atoms with Gasteiger partial charge in [0.2, 0.25) is 5.95 Å². The fraction of sp³-hybridized carbons (Fsp3) is 0.250. The van der Waals surface area contributed by atoms with Crippen LogP contribution in [-0.2, 0) is 0 Å². The van der Waals surface area contributed by atoms with E-state index in [1.165, 1.54) is 12.1 Å². The summed E-state index contributed by atoms with van der Waals surface area (Å²) < 4.78 is 13.5. The number of benzene rings is 1. The van der Waals surface area contributed by atoms with E-state index >= 15 is 0 Å². The molecule has 0 aliphatic rings. The van der Waals surface area contributed by atoms with Gasteiger partial charge in [-0.05, 0) is 57.4 Å². The summed E-state index contributed by atoms with van der Waals surface area (Å²) in [5.74, 6) is 0.808. The van der Waals surface area contributed by atoms with Crippen LogP contribution in [0.2, 0.25) is 0 Å². The van der Waals surface area contributed by atoms with Gasteiger partial charge in [-0.25, -0.2) is 9.37 Å². The molecule has 0 spiro atoms. The summed E-state index contributed by atoms with van der Waals surface area (Å²) in [7, 11) is 4.08. The summed E-state index contributed by atoms with van der Waals surface area (Å²) in [6.07, 6.45) is 4.45. The monoisotopic (exact) mass is 366 g/mol. The molecule has 0 saturated heterocycles. The van der Waals surface area contributed by atoms with Crippen LogP contribution in [-0.4, -0.2) is 47.0 Å². The van der Waals surface area contributed by atoms with Crippen molar-refractivity contribution in [3.8, 4) is 11.3 Å². The lowest BCUT2D eigenvalue weighted by Crippen LogP contribution is -2.17. The smallest absolute Gasteiger partial charge is 0.225 e. The van der Waals surface area contributed by atoms with Gasteiger partial charge in [-0.15, -0.1) is 0 Å². The van der Waals surface area contributed by atoms with Crippen molar-refractivity contribution in [3.05, 3.63) is 60.7 Å². The van der Waals surface area contributed by atoms with Crippen molar-refractivity contribution in [3.63, 3.8) is 0 Å². The van der Waals surface area contributed by atoms with Crippen LogP contribution >= 0.6 is 0 Å². The maximum absolute atomic E-state index is 13.5. The van der Waals surface area contributed by atoms with E-state index in [2.05, 4.69) is 30.5 Å². The molecule has 0 unspecified atom stereocenters. The zero-order valence-electron chi connectivity index (χ0n) is 15.5. The minimum Gasteiger partial charge on any atom is -0.354 e. The second-order valence-corrected chi connectivity index (χ2v) is 6.42. The Labute approximate surface area is 158 Å². The Morgan fingerprint density at radius 3 is 2.70 bits per heavy atom. The quantitative estimate of drug-likeness (QED) is 0.592. The molecule has 0 atom stereocenters. The summed E-state index contributed by atoms with van der Waals surface area (Å²) >= 11 is 0. The van der Waals surface area contributed by atoms with Crippen LogP contribution < -0.4 is 10.6 Å². The Hall–Kier alpha value is -3.06. The zero-order chi connectivity index (χ0) is 19.1. The SMILES string of the molecule is CN(C)CCCNc1nc(Nc2cccc(F)c2)cc(-c2cccnc2)n1. The second-order valence-electron chi connectivity index (χ2n) is 6.42. The van der Waals surface area contributed by atoms with Crippen molar-refractivity contribution in [2.45, 2.75) is 6.42 Å². The molecule has 2 aromatic heterocycles. The van der Waals surface area contributed by atoms with Gasteiger partial charge in [0.1, 0.15) is 11.6 Å². The van der Waals surface area contributed by atoms with Crippen LogP contribution in [0.1, 0.15) is 6.42 Å². The Morgan fingerprint density at radius 1 is 1.07 bits per heavy atom. The molecule has 1 aromatic carbocycles. The lowest BCUT2D eigenvalue weighted by atomic mass is 10.2. The molecule has 0 fully saturated rings. The maximum Gasteiger partial charge on any atom is 0.225 e. The fourth-order valence-corrected chi connectivity index (χ4v) is 2.56. The van der Waals surface area contributed by atoms with E-state index in [4.69, 9.17) is 0 Å². The van der Waals surface area contributed by atoms with Crippen LogP contribution in [0.5, 0.6) is 0 Å². The van der Waals surface area contributed by atoms with Crippen LogP contribution in [0.3, 0.4) is 0 Å². The molecule has 140 valence electrons. The van der Waals surface area contributed by atoms with E-state index in [1.54, 1.807) is 24.5 Å². The van der Waals surface area contributed by atoms with Crippen molar-refractivity contribution >= 4 is 17.5 Å². The van der Waals surface area contributed by atoms with Crippen molar-refractivity contribution in [1.29, 1.82) is 0 Å². The fourth-order valence-electron chi connectivity index (χ4n) is 2.56. The van der Waals surface area contributed by atoms with Gasteiger partial charge < -0.3 is 15.5 Å². The Morgan fingerprint density at radius 2 is 1.96 bits per heavy atom. The molecule has 3 aromatic rings. The van der Waals surface area contributed by atoms with Gasteiger partial charge in [-0.1, -0.05) is 6.07 Å². The largest absolute Gasteiger partial charge is 0.354 e. The number of nitrogens with one attached hydrogen (secondary N) is 2. The molecule has 3 rings (SSSR count). The lowest BCUT2D eigenvalue weighted by Gasteiger charge is -2.13. The van der Waals surface area contributed by atoms with E-state index in [-0.39, 0.29) is 5.82 Å². The summed E-state index contributed by atoms with van der Waals surface area (Å²) in [5.41, 5.74) is 2.26. The topological polar surface area (TPSA) is 66.0 Å². The molecule has 0 radical (unpaired) electrons. The first-order chi connectivity index (χ1) is 13.1. The van der Waals surface area contributed by atoms with E-state index in [9.17, 15) is 4.39 Å². The van der Waals surface area contributed by atoms with E-state index in [0.29, 0.717) is 17.5 Å². The number of halogens is 1. The van der Waals surface area contributed by atoms with Crippen LogP contribution in [0.25, 0.3) is 11.3 Å². The van der Waals surface area contributed by atoms with Gasteiger partial charge in [-0.2, -0.15) is 4.98 Å². The highest BCUT2D eigenvalue weighted by molar-refractivity contribution is 5.66. The number of aromatic nitrogens is 3. The van der Waals surface area contributed by atoms with Gasteiger partial charge in [0, 0.05) is 36.3 Å². The number of hydrogen-bond acceptors (Lipinski definition) is 6. The summed E-state index contributed by atoms with van der Waals surface area (Å²) in [4.78, 5) is 15.4. The van der Waals surface area contributed by atoms with Crippen molar-refractivity contribution in [1.82, 2.24) is 19.9 Å². The van der Waals surface area contributed by atoms with Gasteiger partial charge in [-0.3, -0.25) is 4.98 Å². The van der Waals surface area contributed by atoms with Crippen LogP contribution in [0, 0.1) is 5.82 Å². The van der Waals surface area contributed by atoms with Crippen molar-refractivity contribution in [2.75, 3.05) is 37.8 Å². The molecule has 27 heavy (non-hydrogen) atoms. The number of hydrogen-bond donors (Lipinski definition) is 2. The first kappa shape index (κ1) is 18.7. The molecule has 0 aliphatic carbocycles. The molecule has 0 amide bonds. The predicted octanol–water partition coefficient (Wildman–Crippen LogP) is 3.78. The molecular formula is C20H23FN6. The normalized spacial score (nSPS) is 10.8. The van der Waals surface area contributed by atoms with Gasteiger partial charge in [0.05, 0.1) is 5.69 Å². The summed E-state index contributed by atoms with van der Waals surface area (Å²) in [6, 6.07) is 11.9. The number of pyridine rings is 1. The van der Waals surface area contributed by atoms with Gasteiger partial charge in [0.15, 0.2) is 0 Å². The third-order valence-corrected chi connectivity index (χ3v) is 3.85. The van der Waals surface area contributed by atoms with Crippen LogP contribution in [0.4, 0.5) is 21.8 Å². The first-order valence-corrected chi connectivity index (χ1v) is 8.81. The molecular weight excluding hydrogens is 343 g/mol. The van der Waals surface area contributed by atoms with Gasteiger partial charge in [0.25, 0.3) is 0 Å². The van der Waals surface area contributed by atoms with Crippen LogP contribution in [0.15, 0.2) is 54.9 Å². The average Bonchev–Trinajstić information content (AvgIpc) is 2.66. The third kappa shape index (κ3) is 5.72. The number of nitrogens with zero attached hydrogens (tertiary/aromatic N) is 4.